The first kappa shape index (κ1) is 35.3. The van der Waals surface area contributed by atoms with Crippen molar-refractivity contribution in [3.05, 3.63) is 148 Å². The van der Waals surface area contributed by atoms with Crippen LogP contribution in [0.4, 0.5) is 0 Å². The third kappa shape index (κ3) is 4.99. The number of rotatable bonds is 4. The van der Waals surface area contributed by atoms with Gasteiger partial charge in [-0.05, 0) is 152 Å². The van der Waals surface area contributed by atoms with Crippen molar-refractivity contribution in [3.63, 3.8) is 0 Å². The van der Waals surface area contributed by atoms with Crippen LogP contribution in [0.5, 0.6) is 0 Å². The summed E-state index contributed by atoms with van der Waals surface area (Å²) in [7, 11) is 0. The Morgan fingerprint density at radius 2 is 1.48 bits per heavy atom. The standard InChI is InChI=1S/C51H50N4S/c1-29(2)33-23-34(48-53-50(9)28-42-32(5)31(4)14-18-43(42)51(50,10)56-48)25-37(24-33)54-44-19-13-30(3)22-40(44)38-17-16-36(27-46(38)54)55-45-20-15-35(49(6,7)8)26-41(45)39-12-11-21-52-47(39)55/h11-27,29H,28H2,1-10H3/t50-,51+/m1/s1. The minimum Gasteiger partial charge on any atom is -0.309 e. The number of nitrogens with zero attached hydrogens (tertiary/aromatic N) is 4. The molecular weight excluding hydrogens is 701 g/mol. The largest absolute Gasteiger partial charge is 0.309 e. The van der Waals surface area contributed by atoms with E-state index in [-0.39, 0.29) is 15.7 Å². The Bertz CT molecular complexity index is 3000. The maximum Gasteiger partial charge on any atom is 0.145 e. The SMILES string of the molecule is Cc1ccc2c(c1)c1ccc(-n3c4ccc(C(C)(C)C)cc4c4cccnc43)cc1n2-c1cc(C2=N[C@]3(C)Cc4c(ccc(C)c4C)[C@]3(C)S2)cc(C(C)C)c1. The number of hydrogen-bond donors (Lipinski definition) is 0. The molecule has 1 aliphatic heterocycles. The highest BCUT2D eigenvalue weighted by Gasteiger charge is 2.57. The van der Waals surface area contributed by atoms with Crippen LogP contribution < -0.4 is 0 Å². The molecule has 4 heterocycles. The van der Waals surface area contributed by atoms with Gasteiger partial charge in [0, 0.05) is 44.7 Å². The fourth-order valence-corrected chi connectivity index (χ4v) is 11.1. The molecule has 2 atom stereocenters. The van der Waals surface area contributed by atoms with Gasteiger partial charge in [0.1, 0.15) is 5.65 Å². The van der Waals surface area contributed by atoms with Crippen molar-refractivity contribution in [1.82, 2.24) is 14.1 Å². The fourth-order valence-electron chi connectivity index (χ4n) is 9.56. The third-order valence-electron chi connectivity index (χ3n) is 13.2. The summed E-state index contributed by atoms with van der Waals surface area (Å²) in [5.41, 5.74) is 17.5. The first-order valence-electron chi connectivity index (χ1n) is 20.1. The second-order valence-corrected chi connectivity index (χ2v) is 19.7. The zero-order valence-corrected chi connectivity index (χ0v) is 35.1. The number of aliphatic imine (C=N–C) groups is 1. The van der Waals surface area contributed by atoms with Crippen LogP contribution in [-0.2, 0) is 16.6 Å². The normalized spacial score (nSPS) is 19.5. The lowest BCUT2D eigenvalue weighted by molar-refractivity contribution is 0.407. The van der Waals surface area contributed by atoms with Crippen LogP contribution in [0.3, 0.4) is 0 Å². The van der Waals surface area contributed by atoms with E-state index >= 15 is 0 Å². The first-order chi connectivity index (χ1) is 26.6. The zero-order valence-electron chi connectivity index (χ0n) is 34.3. The van der Waals surface area contributed by atoms with Crippen molar-refractivity contribution in [1.29, 1.82) is 0 Å². The average molecular weight is 751 g/mol. The first-order valence-corrected chi connectivity index (χ1v) is 21.0. The second kappa shape index (κ2) is 11.9. The third-order valence-corrected chi connectivity index (χ3v) is 14.8. The van der Waals surface area contributed by atoms with E-state index in [1.807, 2.05) is 18.0 Å². The highest BCUT2D eigenvalue weighted by atomic mass is 32.2. The van der Waals surface area contributed by atoms with E-state index in [9.17, 15) is 0 Å². The van der Waals surface area contributed by atoms with E-state index in [0.29, 0.717) is 5.92 Å². The molecule has 0 unspecified atom stereocenters. The number of hydrogen-bond acceptors (Lipinski definition) is 3. The summed E-state index contributed by atoms with van der Waals surface area (Å²) in [4.78, 5) is 10.6. The Hall–Kier alpha value is -5.13. The minimum atomic E-state index is -0.203. The summed E-state index contributed by atoms with van der Waals surface area (Å²) in [6, 6.07) is 37.0. The molecule has 10 rings (SSSR count). The summed E-state index contributed by atoms with van der Waals surface area (Å²) in [5, 5.41) is 6.07. The predicted octanol–water partition coefficient (Wildman–Crippen LogP) is 13.3. The molecule has 2 aliphatic rings. The van der Waals surface area contributed by atoms with Crippen LogP contribution in [-0.4, -0.2) is 24.7 Å². The van der Waals surface area contributed by atoms with E-state index in [1.165, 1.54) is 88.3 Å². The Balaban J connectivity index is 1.19. The Morgan fingerprint density at radius 1 is 0.714 bits per heavy atom. The monoisotopic (exact) mass is 750 g/mol. The van der Waals surface area contributed by atoms with E-state index in [1.54, 1.807) is 0 Å². The van der Waals surface area contributed by atoms with Gasteiger partial charge in [-0.2, -0.15) is 0 Å². The fraction of sp³-hybridized carbons (Fsp3) is 0.294. The second-order valence-electron chi connectivity index (χ2n) is 18.3. The van der Waals surface area contributed by atoms with E-state index in [0.717, 1.165) is 22.8 Å². The lowest BCUT2D eigenvalue weighted by Crippen LogP contribution is -2.36. The van der Waals surface area contributed by atoms with Crippen LogP contribution in [0, 0.1) is 20.8 Å². The van der Waals surface area contributed by atoms with Crippen molar-refractivity contribution in [2.45, 2.75) is 97.3 Å². The molecule has 5 heteroatoms. The summed E-state index contributed by atoms with van der Waals surface area (Å²) in [6.07, 6.45) is 2.89. The molecular formula is C51H50N4S. The highest BCUT2D eigenvalue weighted by Crippen LogP contribution is 2.60. The van der Waals surface area contributed by atoms with Crippen LogP contribution in [0.2, 0.25) is 0 Å². The highest BCUT2D eigenvalue weighted by molar-refractivity contribution is 8.15. The molecule has 5 aromatic carbocycles. The molecule has 0 spiro atoms. The lowest BCUT2D eigenvalue weighted by atomic mass is 9.86. The number of aromatic nitrogens is 3. The predicted molar refractivity (Wildman–Crippen MR) is 240 cm³/mol. The molecule has 56 heavy (non-hydrogen) atoms. The molecule has 3 aromatic heterocycles. The summed E-state index contributed by atoms with van der Waals surface area (Å²) in [5.74, 6) is 0.352. The lowest BCUT2D eigenvalue weighted by Gasteiger charge is -2.31. The van der Waals surface area contributed by atoms with Gasteiger partial charge in [0.25, 0.3) is 0 Å². The van der Waals surface area contributed by atoms with Gasteiger partial charge in [-0.3, -0.25) is 9.56 Å². The molecule has 4 nitrogen and oxygen atoms in total. The van der Waals surface area contributed by atoms with Crippen LogP contribution in [0.15, 0.2) is 108 Å². The zero-order chi connectivity index (χ0) is 39.1. The maximum absolute atomic E-state index is 5.66. The van der Waals surface area contributed by atoms with Crippen molar-refractivity contribution in [2.75, 3.05) is 0 Å². The van der Waals surface area contributed by atoms with Crippen molar-refractivity contribution >= 4 is 60.5 Å². The Morgan fingerprint density at radius 3 is 2.27 bits per heavy atom. The van der Waals surface area contributed by atoms with Gasteiger partial charge < -0.3 is 4.57 Å². The quantitative estimate of drug-likeness (QED) is 0.180. The van der Waals surface area contributed by atoms with Crippen LogP contribution >= 0.6 is 11.8 Å². The van der Waals surface area contributed by atoms with Gasteiger partial charge in [0.2, 0.25) is 0 Å². The van der Waals surface area contributed by atoms with Gasteiger partial charge in [-0.15, -0.1) is 0 Å². The topological polar surface area (TPSA) is 35.1 Å². The van der Waals surface area contributed by atoms with Gasteiger partial charge >= 0.3 is 0 Å². The summed E-state index contributed by atoms with van der Waals surface area (Å²) < 4.78 is 4.73. The van der Waals surface area contributed by atoms with Crippen molar-refractivity contribution in [2.24, 2.45) is 4.99 Å². The molecule has 0 N–H and O–H groups in total. The Labute approximate surface area is 334 Å². The molecule has 0 fully saturated rings. The van der Waals surface area contributed by atoms with Crippen LogP contribution in [0.1, 0.15) is 98.9 Å². The number of pyridine rings is 1. The van der Waals surface area contributed by atoms with E-state index in [4.69, 9.17) is 9.98 Å². The van der Waals surface area contributed by atoms with Gasteiger partial charge in [0.05, 0.1) is 31.9 Å². The van der Waals surface area contributed by atoms with Gasteiger partial charge in [-0.1, -0.05) is 82.3 Å². The van der Waals surface area contributed by atoms with E-state index < -0.39 is 0 Å². The molecule has 1 aliphatic carbocycles. The maximum atomic E-state index is 5.66. The number of aryl methyl sites for hydroxylation is 2. The Kier molecular flexibility index (Phi) is 7.53. The van der Waals surface area contributed by atoms with Gasteiger partial charge in [0.15, 0.2) is 0 Å². The molecule has 0 saturated carbocycles. The molecule has 0 radical (unpaired) electrons. The van der Waals surface area contributed by atoms with Gasteiger partial charge in [-0.25, -0.2) is 4.98 Å². The van der Waals surface area contributed by atoms with Crippen molar-refractivity contribution in [3.8, 4) is 11.4 Å². The minimum absolute atomic E-state index is 0.0472. The molecule has 0 saturated heterocycles. The van der Waals surface area contributed by atoms with E-state index in [2.05, 4.69) is 175 Å². The number of fused-ring (bicyclic) bond motifs is 9. The summed E-state index contributed by atoms with van der Waals surface area (Å²) in [6.45, 7) is 23.0. The average Bonchev–Trinajstić information content (AvgIpc) is 3.82. The smallest absolute Gasteiger partial charge is 0.145 e. The van der Waals surface area contributed by atoms with Crippen LogP contribution in [0.25, 0.3) is 55.1 Å². The summed E-state index contributed by atoms with van der Waals surface area (Å²) >= 11 is 1.96. The molecule has 0 bridgehead atoms. The number of benzene rings is 5. The van der Waals surface area contributed by atoms with Crippen molar-refractivity contribution < 1.29 is 0 Å². The molecule has 280 valence electrons. The molecule has 8 aromatic rings. The number of thioether (sulfide) groups is 1. The molecule has 0 amide bonds.